The molecule has 0 radical (unpaired) electrons. The highest BCUT2D eigenvalue weighted by molar-refractivity contribution is 5.34. The SMILES string of the molecule is [2H]c1nc(CC)c([2H])c([2H])c1N. The maximum Gasteiger partial charge on any atom is 0.0862 e. The van der Waals surface area contributed by atoms with Crippen molar-refractivity contribution in [3.63, 3.8) is 0 Å². The van der Waals surface area contributed by atoms with Crippen molar-refractivity contribution < 1.29 is 4.11 Å². The van der Waals surface area contributed by atoms with E-state index in [9.17, 15) is 0 Å². The second kappa shape index (κ2) is 2.49. The molecular formula is C7H10N2. The van der Waals surface area contributed by atoms with Crippen LogP contribution in [-0.2, 0) is 6.42 Å². The summed E-state index contributed by atoms with van der Waals surface area (Å²) in [4.78, 5) is 3.79. The smallest absolute Gasteiger partial charge is 0.0862 e. The minimum absolute atomic E-state index is 0.0165. The van der Waals surface area contributed by atoms with Crippen molar-refractivity contribution in [3.05, 3.63) is 24.0 Å². The zero-order valence-electron chi connectivity index (χ0n) is 8.23. The summed E-state index contributed by atoms with van der Waals surface area (Å²) in [5.74, 6) is 0. The Labute approximate surface area is 58.9 Å². The molecule has 1 aromatic heterocycles. The van der Waals surface area contributed by atoms with Crippen molar-refractivity contribution in [2.45, 2.75) is 13.3 Å². The Balaban J connectivity index is 3.39. The number of hydrogen-bond donors (Lipinski definition) is 1. The summed E-state index contributed by atoms with van der Waals surface area (Å²) in [5, 5.41) is 0. The highest BCUT2D eigenvalue weighted by Crippen LogP contribution is 2.00. The van der Waals surface area contributed by atoms with Crippen LogP contribution in [0.5, 0.6) is 0 Å². The Morgan fingerprint density at radius 2 is 2.56 bits per heavy atom. The van der Waals surface area contributed by atoms with Crippen LogP contribution < -0.4 is 5.73 Å². The normalized spacial score (nSPS) is 14.1. The Morgan fingerprint density at radius 1 is 1.78 bits per heavy atom. The van der Waals surface area contributed by atoms with Gasteiger partial charge in [-0.2, -0.15) is 0 Å². The quantitative estimate of drug-likeness (QED) is 0.613. The van der Waals surface area contributed by atoms with Gasteiger partial charge in [0.15, 0.2) is 0 Å². The number of aromatic nitrogens is 1. The lowest BCUT2D eigenvalue weighted by molar-refractivity contribution is 1.04. The Morgan fingerprint density at radius 3 is 3.22 bits per heavy atom. The number of aryl methyl sites for hydroxylation is 1. The van der Waals surface area contributed by atoms with Crippen LogP contribution in [0.1, 0.15) is 16.7 Å². The fourth-order valence-electron chi connectivity index (χ4n) is 0.491. The first-order valence-electron chi connectivity index (χ1n) is 4.30. The van der Waals surface area contributed by atoms with Crippen LogP contribution in [0.2, 0.25) is 0 Å². The monoisotopic (exact) mass is 125 g/mol. The fourth-order valence-corrected chi connectivity index (χ4v) is 0.491. The molecule has 0 aliphatic carbocycles. The van der Waals surface area contributed by atoms with Gasteiger partial charge < -0.3 is 5.73 Å². The number of pyridine rings is 1. The molecule has 0 saturated carbocycles. The van der Waals surface area contributed by atoms with Crippen LogP contribution in [0, 0.1) is 0 Å². The lowest BCUT2D eigenvalue weighted by Crippen LogP contribution is -1.89. The summed E-state index contributed by atoms with van der Waals surface area (Å²) in [5.41, 5.74) is 5.79. The molecule has 0 unspecified atom stereocenters. The molecule has 2 N–H and O–H groups in total. The molecule has 0 amide bonds. The molecule has 9 heavy (non-hydrogen) atoms. The molecule has 2 nitrogen and oxygen atoms in total. The van der Waals surface area contributed by atoms with E-state index >= 15 is 0 Å². The number of anilines is 1. The number of hydrogen-bond acceptors (Lipinski definition) is 2. The van der Waals surface area contributed by atoms with Crippen molar-refractivity contribution >= 4 is 5.69 Å². The molecule has 0 fully saturated rings. The van der Waals surface area contributed by atoms with Gasteiger partial charge in [0.2, 0.25) is 0 Å². The molecule has 0 bridgehead atoms. The van der Waals surface area contributed by atoms with Crippen LogP contribution in [0.4, 0.5) is 5.69 Å². The van der Waals surface area contributed by atoms with Crippen molar-refractivity contribution in [3.8, 4) is 0 Å². The third-order valence-corrected chi connectivity index (χ3v) is 0.988. The molecule has 2 heteroatoms. The summed E-state index contributed by atoms with van der Waals surface area (Å²) in [6, 6.07) is -0.0575. The first-order valence-corrected chi connectivity index (χ1v) is 2.80. The lowest BCUT2D eigenvalue weighted by Gasteiger charge is -1.93. The summed E-state index contributed by atoms with van der Waals surface area (Å²) in [6.07, 6.45) is 0.449. The second-order valence-electron chi connectivity index (χ2n) is 1.69. The third kappa shape index (κ3) is 1.42. The van der Waals surface area contributed by atoms with E-state index < -0.39 is 0 Å². The van der Waals surface area contributed by atoms with Gasteiger partial charge >= 0.3 is 0 Å². The van der Waals surface area contributed by atoms with Crippen LogP contribution in [0.25, 0.3) is 0 Å². The first kappa shape index (κ1) is 3.20. The Kier molecular flexibility index (Phi) is 0.884. The van der Waals surface area contributed by atoms with Gasteiger partial charge in [0.1, 0.15) is 0 Å². The molecule has 0 aliphatic rings. The first-order chi connectivity index (χ1) is 5.57. The minimum Gasteiger partial charge on any atom is -0.397 e. The van der Waals surface area contributed by atoms with Crippen LogP contribution >= 0.6 is 0 Å². The van der Waals surface area contributed by atoms with Gasteiger partial charge in [0.25, 0.3) is 0 Å². The standard InChI is InChI=1S/C7H10N2/c1-2-7-4-3-6(8)5-9-7/h3-5H,2,8H2,1H3/i3D,4D,5D. The summed E-state index contributed by atoms with van der Waals surface area (Å²) >= 11 is 0. The maximum atomic E-state index is 7.42. The zero-order chi connectivity index (χ0) is 9.30. The van der Waals surface area contributed by atoms with E-state index in [2.05, 4.69) is 4.98 Å². The van der Waals surface area contributed by atoms with Crippen molar-refractivity contribution in [1.82, 2.24) is 4.98 Å². The average molecular weight is 125 g/mol. The molecule has 1 heterocycles. The predicted octanol–water partition coefficient (Wildman–Crippen LogP) is 1.23. The number of nitrogens with two attached hydrogens (primary N) is 1. The van der Waals surface area contributed by atoms with E-state index in [1.807, 2.05) is 6.92 Å². The number of nitrogen functional groups attached to an aromatic ring is 1. The van der Waals surface area contributed by atoms with Gasteiger partial charge in [-0.25, -0.2) is 0 Å². The fraction of sp³-hybridized carbons (Fsp3) is 0.286. The Bertz CT molecular complexity index is 312. The van der Waals surface area contributed by atoms with Gasteiger partial charge in [0, 0.05) is 5.69 Å². The second-order valence-corrected chi connectivity index (χ2v) is 1.69. The summed E-state index contributed by atoms with van der Waals surface area (Å²) in [7, 11) is 0. The van der Waals surface area contributed by atoms with Gasteiger partial charge in [-0.1, -0.05) is 6.92 Å². The lowest BCUT2D eigenvalue weighted by atomic mass is 10.3. The Hall–Kier alpha value is -1.05. The van der Waals surface area contributed by atoms with Gasteiger partial charge in [-0.05, 0) is 18.5 Å². The molecule has 1 rings (SSSR count). The van der Waals surface area contributed by atoms with Crippen molar-refractivity contribution in [2.75, 3.05) is 5.73 Å². The van der Waals surface area contributed by atoms with E-state index in [-0.39, 0.29) is 23.9 Å². The number of nitrogens with zero attached hydrogens (tertiary/aromatic N) is 1. The van der Waals surface area contributed by atoms with Gasteiger partial charge in [-0.3, -0.25) is 4.98 Å². The van der Waals surface area contributed by atoms with E-state index in [0.717, 1.165) is 0 Å². The zero-order valence-corrected chi connectivity index (χ0v) is 5.23. The molecule has 0 atom stereocenters. The van der Waals surface area contributed by atoms with Crippen LogP contribution in [-0.4, -0.2) is 4.98 Å². The van der Waals surface area contributed by atoms with Gasteiger partial charge in [0.05, 0.1) is 16.0 Å². The average Bonchev–Trinajstić information content (AvgIpc) is 2.08. The van der Waals surface area contributed by atoms with Crippen LogP contribution in [0.3, 0.4) is 0 Å². The van der Waals surface area contributed by atoms with E-state index in [1.165, 1.54) is 0 Å². The molecular weight excluding hydrogens is 112 g/mol. The van der Waals surface area contributed by atoms with E-state index in [0.29, 0.717) is 12.1 Å². The predicted molar refractivity (Wildman–Crippen MR) is 38.0 cm³/mol. The van der Waals surface area contributed by atoms with Gasteiger partial charge in [-0.15, -0.1) is 0 Å². The number of rotatable bonds is 1. The summed E-state index contributed by atoms with van der Waals surface area (Å²) < 4.78 is 22.0. The minimum atomic E-state index is -0.104. The molecule has 48 valence electrons. The van der Waals surface area contributed by atoms with E-state index in [4.69, 9.17) is 9.85 Å². The molecule has 0 aromatic carbocycles. The third-order valence-electron chi connectivity index (χ3n) is 0.988. The largest absolute Gasteiger partial charge is 0.397 e. The summed E-state index contributed by atoms with van der Waals surface area (Å²) in [6.45, 7) is 1.83. The highest BCUT2D eigenvalue weighted by atomic mass is 14.7. The molecule has 0 aliphatic heterocycles. The molecule has 0 spiro atoms. The van der Waals surface area contributed by atoms with E-state index in [1.54, 1.807) is 0 Å². The van der Waals surface area contributed by atoms with Crippen LogP contribution in [0.15, 0.2) is 18.3 Å². The maximum absolute atomic E-state index is 7.42. The molecule has 0 saturated heterocycles. The topological polar surface area (TPSA) is 38.9 Å². The highest BCUT2D eigenvalue weighted by Gasteiger charge is 1.86. The van der Waals surface area contributed by atoms with Crippen molar-refractivity contribution in [2.24, 2.45) is 0 Å². The molecule has 1 aromatic rings. The van der Waals surface area contributed by atoms with Crippen molar-refractivity contribution in [1.29, 1.82) is 0 Å².